The van der Waals surface area contributed by atoms with Crippen molar-refractivity contribution in [1.82, 2.24) is 0 Å². The average molecular weight is 1160 g/mol. The molecule has 0 aromatic carbocycles. The maximum absolute atomic E-state index is 11.1. The molecule has 0 spiro atoms. The molecular weight excluding hydrogens is 1040 g/mol. The molecule has 0 saturated heterocycles. The second-order valence-corrected chi connectivity index (χ2v) is 20.9. The molecule has 440 valence electrons. The summed E-state index contributed by atoms with van der Waals surface area (Å²) in [6.45, 7) is 17.3. The first-order valence-electron chi connectivity index (χ1n) is 31.9. The number of ether oxygens (including phenoxy) is 2. The van der Waals surface area contributed by atoms with Crippen LogP contribution in [0.2, 0.25) is 0 Å². The summed E-state index contributed by atoms with van der Waals surface area (Å²) in [5, 5.41) is 20.3. The van der Waals surface area contributed by atoms with Crippen LogP contribution in [0.1, 0.15) is 349 Å². The Labute approximate surface area is 484 Å². The second kappa shape index (κ2) is 78.7. The Kier molecular flexibility index (Phi) is 86.0. The van der Waals surface area contributed by atoms with Gasteiger partial charge in [-0.25, -0.2) is 9.59 Å². The fourth-order valence-corrected chi connectivity index (χ4v) is 8.64. The van der Waals surface area contributed by atoms with Gasteiger partial charge >= 0.3 is 35.8 Å². The van der Waals surface area contributed by atoms with E-state index in [2.05, 4.69) is 41.5 Å². The molecule has 0 atom stereocenters. The molecule has 0 heterocycles. The Morgan fingerprint density at radius 2 is 0.440 bits per heavy atom. The first-order valence-corrected chi connectivity index (χ1v) is 31.9. The molecule has 0 fully saturated rings. The number of carbonyl (C=O) groups is 4. The molecule has 0 saturated carbocycles. The minimum Gasteiger partial charge on any atom is -0.545 e. The Bertz CT molecular complexity index is 1060. The standard InChI is InChI=1S/2C25H46O4.2C8H17.Sn/c2*1-2-3-4-5-6-7-8-9-10-11-12-13-14-15-16-17-18-19-20-23-29-25(28)22-21-24(26)27;2*1-3-5-7-8-6-4-2;/h2*21-22H,2-20,23H2,1H3,(H,26,27);2*1,3-8H2,2H3;/q;;;;+2/p-2/b2*22-21-;;;. The zero-order chi connectivity index (χ0) is 55.3. The van der Waals surface area contributed by atoms with Gasteiger partial charge in [0.05, 0.1) is 25.2 Å². The summed E-state index contributed by atoms with van der Waals surface area (Å²) in [7, 11) is 0. The number of hydrogen-bond donors (Lipinski definition) is 0. The van der Waals surface area contributed by atoms with Crippen LogP contribution in [0.5, 0.6) is 0 Å². The number of carboxylic acids is 2. The van der Waals surface area contributed by atoms with E-state index >= 15 is 0 Å². The van der Waals surface area contributed by atoms with E-state index in [-0.39, 0.29) is 23.9 Å². The van der Waals surface area contributed by atoms with Crippen LogP contribution in [0.25, 0.3) is 0 Å². The molecule has 0 aliphatic heterocycles. The van der Waals surface area contributed by atoms with E-state index in [1.165, 1.54) is 283 Å². The van der Waals surface area contributed by atoms with E-state index in [1.54, 1.807) is 0 Å². The minimum absolute atomic E-state index is 0. The predicted molar refractivity (Wildman–Crippen MR) is 320 cm³/mol. The monoisotopic (exact) mass is 1160 g/mol. The Hall–Kier alpha value is -1.84. The molecule has 8 nitrogen and oxygen atoms in total. The van der Waals surface area contributed by atoms with Gasteiger partial charge < -0.3 is 29.3 Å². The van der Waals surface area contributed by atoms with Gasteiger partial charge in [-0.1, -0.05) is 350 Å². The molecule has 0 N–H and O–H groups in total. The molecule has 0 aromatic heterocycles. The molecule has 0 aromatic rings. The van der Waals surface area contributed by atoms with E-state index in [4.69, 9.17) is 9.47 Å². The molecule has 0 aliphatic rings. The second-order valence-electron chi connectivity index (χ2n) is 20.9. The quantitative estimate of drug-likeness (QED) is 0.0254. The third-order valence-electron chi connectivity index (χ3n) is 13.4. The third kappa shape index (κ3) is 91.9. The van der Waals surface area contributed by atoms with Crippen LogP contribution < -0.4 is 10.2 Å². The summed E-state index contributed by atoms with van der Waals surface area (Å²) in [6.07, 6.45) is 69.6. The van der Waals surface area contributed by atoms with Gasteiger partial charge in [-0.2, -0.15) is 0 Å². The van der Waals surface area contributed by atoms with Crippen LogP contribution in [0.3, 0.4) is 0 Å². The van der Waals surface area contributed by atoms with Crippen molar-refractivity contribution >= 4 is 47.8 Å². The largest absolute Gasteiger partial charge is 2.00 e. The van der Waals surface area contributed by atoms with E-state index in [1.807, 2.05) is 0 Å². The zero-order valence-corrected chi connectivity index (χ0v) is 53.1. The Balaban J connectivity index is -0.000000333. The molecule has 0 unspecified atom stereocenters. The van der Waals surface area contributed by atoms with Crippen LogP contribution in [-0.4, -0.2) is 61.0 Å². The first-order chi connectivity index (χ1) is 36.2. The summed E-state index contributed by atoms with van der Waals surface area (Å²) in [5.41, 5.74) is 0. The molecule has 0 bridgehead atoms. The number of rotatable bonds is 54. The number of aliphatic carboxylic acids is 2. The number of carbonyl (C=O) groups excluding carboxylic acids is 4. The predicted octanol–water partition coefficient (Wildman–Crippen LogP) is 18.5. The van der Waals surface area contributed by atoms with E-state index in [0.29, 0.717) is 25.4 Å². The number of carboxylic acid groups (broad SMARTS) is 2. The van der Waals surface area contributed by atoms with Crippen molar-refractivity contribution < 1.29 is 38.9 Å². The molecule has 4 radical (unpaired) electrons. The van der Waals surface area contributed by atoms with Crippen molar-refractivity contribution in [3.8, 4) is 0 Å². The number of unbranched alkanes of at least 4 members (excludes halogenated alkanes) is 46. The average Bonchev–Trinajstić information content (AvgIpc) is 3.39. The van der Waals surface area contributed by atoms with Gasteiger partial charge in [0.15, 0.2) is 0 Å². The molecular formula is C66H124O8Sn. The van der Waals surface area contributed by atoms with Crippen LogP contribution in [-0.2, 0) is 28.7 Å². The molecule has 0 amide bonds. The van der Waals surface area contributed by atoms with Crippen molar-refractivity contribution in [3.05, 3.63) is 38.2 Å². The van der Waals surface area contributed by atoms with Gasteiger partial charge in [0.2, 0.25) is 0 Å². The summed E-state index contributed by atoms with van der Waals surface area (Å²) < 4.78 is 9.82. The van der Waals surface area contributed by atoms with Crippen molar-refractivity contribution in [2.24, 2.45) is 0 Å². The van der Waals surface area contributed by atoms with Gasteiger partial charge in [-0.05, 0) is 25.0 Å². The maximum atomic E-state index is 11.1. The summed E-state index contributed by atoms with van der Waals surface area (Å²) in [5.74, 6) is -4.00. The topological polar surface area (TPSA) is 133 Å². The smallest absolute Gasteiger partial charge is 0.545 e. The van der Waals surface area contributed by atoms with Gasteiger partial charge in [-0.3, -0.25) is 0 Å². The van der Waals surface area contributed by atoms with Crippen molar-refractivity contribution in [2.45, 2.75) is 349 Å². The number of hydrogen-bond acceptors (Lipinski definition) is 8. The van der Waals surface area contributed by atoms with E-state index in [9.17, 15) is 29.4 Å². The fourth-order valence-electron chi connectivity index (χ4n) is 8.64. The van der Waals surface area contributed by atoms with E-state index < -0.39 is 23.9 Å². The fraction of sp³-hybridized carbons (Fsp3) is 0.848. The summed E-state index contributed by atoms with van der Waals surface area (Å²) in [6, 6.07) is 0. The Morgan fingerprint density at radius 1 is 0.280 bits per heavy atom. The third-order valence-corrected chi connectivity index (χ3v) is 13.4. The van der Waals surface area contributed by atoms with E-state index in [0.717, 1.165) is 50.7 Å². The summed E-state index contributed by atoms with van der Waals surface area (Å²) >= 11 is 0. The van der Waals surface area contributed by atoms with Crippen molar-refractivity contribution in [2.75, 3.05) is 13.2 Å². The van der Waals surface area contributed by atoms with Gasteiger partial charge in [0.25, 0.3) is 0 Å². The molecule has 9 heteroatoms. The molecule has 0 rings (SSSR count). The maximum Gasteiger partial charge on any atom is 2.00 e. The van der Waals surface area contributed by atoms with Gasteiger partial charge in [0.1, 0.15) is 0 Å². The van der Waals surface area contributed by atoms with Crippen LogP contribution in [0.15, 0.2) is 24.3 Å². The Morgan fingerprint density at radius 3 is 0.600 bits per heavy atom. The van der Waals surface area contributed by atoms with Crippen LogP contribution in [0.4, 0.5) is 0 Å². The molecule has 75 heavy (non-hydrogen) atoms. The minimum atomic E-state index is -1.38. The van der Waals surface area contributed by atoms with Crippen LogP contribution in [0, 0.1) is 13.8 Å². The normalized spacial score (nSPS) is 10.7. The first kappa shape index (κ1) is 82.0. The van der Waals surface area contributed by atoms with Crippen LogP contribution >= 0.6 is 0 Å². The SMILES string of the molecule is CCCCCCCCCCCCCCCCCCCCCOC(=O)/C=C\C(=O)[O-].CCCCCCCCCCCCCCCCCCCCCOC(=O)/C=C\C(=O)[O-].[CH2]CCCCCCC.[CH2]CCCCCCC.[Sn+2]. The zero-order valence-electron chi connectivity index (χ0n) is 50.3. The van der Waals surface area contributed by atoms with Gasteiger partial charge in [-0.15, -0.1) is 0 Å². The van der Waals surface area contributed by atoms with Crippen molar-refractivity contribution in [1.29, 1.82) is 0 Å². The van der Waals surface area contributed by atoms with Gasteiger partial charge in [0, 0.05) is 12.2 Å². The summed E-state index contributed by atoms with van der Waals surface area (Å²) in [4.78, 5) is 42.6. The van der Waals surface area contributed by atoms with Crippen molar-refractivity contribution in [3.63, 3.8) is 0 Å². The molecule has 0 aliphatic carbocycles. The number of esters is 2.